The average Bonchev–Trinajstić information content (AvgIpc) is 2.71. The second-order valence-corrected chi connectivity index (χ2v) is 2.23. The maximum absolute atomic E-state index is 4.96. The van der Waals surface area contributed by atoms with E-state index in [9.17, 15) is 0 Å². The van der Waals surface area contributed by atoms with Gasteiger partial charge in [-0.25, -0.2) is 0 Å². The molecular weight excluding hydrogens is 172 g/mol. The first-order valence-corrected chi connectivity index (χ1v) is 3.54. The minimum Gasteiger partial charge on any atom is -0.495 e. The van der Waals surface area contributed by atoms with E-state index in [0.717, 1.165) is 0 Å². The summed E-state index contributed by atoms with van der Waals surface area (Å²) in [7, 11) is 1.55. The van der Waals surface area contributed by atoms with E-state index in [1.165, 1.54) is 12.5 Å². The summed E-state index contributed by atoms with van der Waals surface area (Å²) in [5.74, 6) is 0.926. The maximum Gasteiger partial charge on any atom is 0.278 e. The Morgan fingerprint density at radius 3 is 3.08 bits per heavy atom. The van der Waals surface area contributed by atoms with E-state index in [1.54, 1.807) is 13.2 Å². The lowest BCUT2D eigenvalue weighted by atomic mass is 10.4. The molecule has 2 rings (SSSR count). The van der Waals surface area contributed by atoms with Gasteiger partial charge in [0, 0.05) is 6.07 Å². The van der Waals surface area contributed by atoms with Crippen LogP contribution in [0.3, 0.4) is 0 Å². The van der Waals surface area contributed by atoms with E-state index in [1.807, 2.05) is 0 Å². The Balaban J connectivity index is 2.41. The smallest absolute Gasteiger partial charge is 0.278 e. The molecule has 0 unspecified atom stereocenters. The van der Waals surface area contributed by atoms with E-state index in [0.29, 0.717) is 17.3 Å². The molecule has 6 nitrogen and oxygen atoms in total. The molecule has 0 aromatic carbocycles. The van der Waals surface area contributed by atoms with Gasteiger partial charge in [-0.1, -0.05) is 5.16 Å². The number of rotatable bonds is 2. The highest BCUT2D eigenvalue weighted by Crippen LogP contribution is 2.16. The molecule has 0 spiro atoms. The third kappa shape index (κ3) is 1.46. The van der Waals surface area contributed by atoms with Crippen molar-refractivity contribution in [3.05, 3.63) is 18.6 Å². The van der Waals surface area contributed by atoms with Gasteiger partial charge in [0.15, 0.2) is 12.0 Å². The minimum absolute atomic E-state index is 0.325. The SMILES string of the molecule is COc1cnnc(-c2ncno2)c1. The topological polar surface area (TPSA) is 73.9 Å². The summed E-state index contributed by atoms with van der Waals surface area (Å²) in [6, 6.07) is 1.67. The van der Waals surface area contributed by atoms with Crippen LogP contribution in [0.4, 0.5) is 0 Å². The second kappa shape index (κ2) is 3.18. The van der Waals surface area contributed by atoms with Crippen molar-refractivity contribution >= 4 is 0 Å². The first-order valence-electron chi connectivity index (χ1n) is 3.54. The zero-order valence-electron chi connectivity index (χ0n) is 6.84. The second-order valence-electron chi connectivity index (χ2n) is 2.23. The van der Waals surface area contributed by atoms with E-state index in [2.05, 4.69) is 20.3 Å². The van der Waals surface area contributed by atoms with Crippen molar-refractivity contribution in [3.63, 3.8) is 0 Å². The number of nitrogens with zero attached hydrogens (tertiary/aromatic N) is 4. The van der Waals surface area contributed by atoms with E-state index >= 15 is 0 Å². The fourth-order valence-electron chi connectivity index (χ4n) is 0.851. The van der Waals surface area contributed by atoms with Gasteiger partial charge in [0.05, 0.1) is 13.3 Å². The highest BCUT2D eigenvalue weighted by atomic mass is 16.5. The molecule has 13 heavy (non-hydrogen) atoms. The third-order valence-corrected chi connectivity index (χ3v) is 1.45. The summed E-state index contributed by atoms with van der Waals surface area (Å²) in [5.41, 5.74) is 0.497. The Morgan fingerprint density at radius 2 is 2.38 bits per heavy atom. The molecule has 2 heterocycles. The third-order valence-electron chi connectivity index (χ3n) is 1.45. The summed E-state index contributed by atoms with van der Waals surface area (Å²) >= 11 is 0. The lowest BCUT2D eigenvalue weighted by Gasteiger charge is -1.97. The van der Waals surface area contributed by atoms with Crippen LogP contribution in [0.2, 0.25) is 0 Å². The number of ether oxygens (including phenoxy) is 1. The lowest BCUT2D eigenvalue weighted by Crippen LogP contribution is -1.90. The van der Waals surface area contributed by atoms with Gasteiger partial charge in [-0.05, 0) is 0 Å². The predicted octanol–water partition coefficient (Wildman–Crippen LogP) is 0.535. The highest BCUT2D eigenvalue weighted by Gasteiger charge is 2.06. The standard InChI is InChI=1S/C7H6N4O2/c1-12-5-2-6(11-9-3-5)7-8-4-10-13-7/h2-4H,1H3. The molecule has 0 radical (unpaired) electrons. The molecule has 6 heteroatoms. The van der Waals surface area contributed by atoms with Gasteiger partial charge < -0.3 is 9.26 Å². The van der Waals surface area contributed by atoms with E-state index in [4.69, 9.17) is 9.26 Å². The van der Waals surface area contributed by atoms with Gasteiger partial charge in [-0.15, -0.1) is 5.10 Å². The van der Waals surface area contributed by atoms with Crippen LogP contribution in [0.25, 0.3) is 11.6 Å². The van der Waals surface area contributed by atoms with E-state index < -0.39 is 0 Å². The van der Waals surface area contributed by atoms with Crippen LogP contribution >= 0.6 is 0 Å². The van der Waals surface area contributed by atoms with Crippen LogP contribution in [-0.2, 0) is 0 Å². The maximum atomic E-state index is 4.96. The number of hydrogen-bond donors (Lipinski definition) is 0. The van der Waals surface area contributed by atoms with Crippen molar-refractivity contribution in [2.24, 2.45) is 0 Å². The lowest BCUT2D eigenvalue weighted by molar-refractivity contribution is 0.409. The Labute approximate surface area is 73.6 Å². The van der Waals surface area contributed by atoms with Gasteiger partial charge in [0.1, 0.15) is 5.75 Å². The van der Waals surface area contributed by atoms with Crippen LogP contribution < -0.4 is 4.74 Å². The molecule has 2 aromatic rings. The van der Waals surface area contributed by atoms with E-state index in [-0.39, 0.29) is 0 Å². The quantitative estimate of drug-likeness (QED) is 0.667. The van der Waals surface area contributed by atoms with Gasteiger partial charge >= 0.3 is 0 Å². The van der Waals surface area contributed by atoms with Crippen LogP contribution in [0, 0.1) is 0 Å². The van der Waals surface area contributed by atoms with Crippen molar-refractivity contribution in [2.45, 2.75) is 0 Å². The number of aromatic nitrogens is 4. The Kier molecular flexibility index (Phi) is 1.87. The van der Waals surface area contributed by atoms with Gasteiger partial charge in [0.25, 0.3) is 5.89 Å². The van der Waals surface area contributed by atoms with Crippen molar-refractivity contribution in [1.29, 1.82) is 0 Å². The molecule has 0 saturated carbocycles. The summed E-state index contributed by atoms with van der Waals surface area (Å²) < 4.78 is 9.76. The fraction of sp³-hybridized carbons (Fsp3) is 0.143. The zero-order chi connectivity index (χ0) is 9.10. The predicted molar refractivity (Wildman–Crippen MR) is 41.9 cm³/mol. The first-order chi connectivity index (χ1) is 6.40. The summed E-state index contributed by atoms with van der Waals surface area (Å²) in [6.45, 7) is 0. The molecule has 66 valence electrons. The summed E-state index contributed by atoms with van der Waals surface area (Å²) in [4.78, 5) is 3.83. The van der Waals surface area contributed by atoms with Crippen LogP contribution in [-0.4, -0.2) is 27.4 Å². The fourth-order valence-corrected chi connectivity index (χ4v) is 0.851. The molecule has 0 aliphatic heterocycles. The minimum atomic E-state index is 0.325. The molecule has 0 amide bonds. The van der Waals surface area contributed by atoms with Gasteiger partial charge in [0.2, 0.25) is 0 Å². The summed E-state index contributed by atoms with van der Waals surface area (Å²) in [6.07, 6.45) is 2.80. The molecule has 0 bridgehead atoms. The Bertz CT molecular complexity index is 387. The van der Waals surface area contributed by atoms with Gasteiger partial charge in [-0.2, -0.15) is 10.1 Å². The van der Waals surface area contributed by atoms with Crippen molar-refractivity contribution in [3.8, 4) is 17.3 Å². The van der Waals surface area contributed by atoms with Crippen molar-refractivity contribution < 1.29 is 9.26 Å². The molecule has 0 saturated heterocycles. The molecule has 0 aliphatic carbocycles. The molecule has 2 aromatic heterocycles. The van der Waals surface area contributed by atoms with Crippen molar-refractivity contribution in [2.75, 3.05) is 7.11 Å². The monoisotopic (exact) mass is 178 g/mol. The zero-order valence-corrected chi connectivity index (χ0v) is 6.84. The van der Waals surface area contributed by atoms with Crippen molar-refractivity contribution in [1.82, 2.24) is 20.3 Å². The van der Waals surface area contributed by atoms with Crippen LogP contribution in [0.15, 0.2) is 23.1 Å². The largest absolute Gasteiger partial charge is 0.495 e. The Hall–Kier alpha value is -1.98. The number of hydrogen-bond acceptors (Lipinski definition) is 6. The van der Waals surface area contributed by atoms with Crippen LogP contribution in [0.1, 0.15) is 0 Å². The Morgan fingerprint density at radius 1 is 1.46 bits per heavy atom. The number of methoxy groups -OCH3 is 1. The molecule has 0 atom stereocenters. The molecule has 0 N–H and O–H groups in total. The highest BCUT2D eigenvalue weighted by molar-refractivity contribution is 5.47. The molecule has 0 fully saturated rings. The normalized spacial score (nSPS) is 9.92. The summed E-state index contributed by atoms with van der Waals surface area (Å²) in [5, 5.41) is 11.0. The van der Waals surface area contributed by atoms with Gasteiger partial charge in [-0.3, -0.25) is 0 Å². The average molecular weight is 178 g/mol. The first kappa shape index (κ1) is 7.66. The van der Waals surface area contributed by atoms with Crippen LogP contribution in [0.5, 0.6) is 5.75 Å². The molecular formula is C7H6N4O2. The molecule has 0 aliphatic rings.